The largest absolute Gasteiger partial charge is 0.369 e. The van der Waals surface area contributed by atoms with Crippen LogP contribution in [0.4, 0.5) is 22.1 Å². The highest BCUT2D eigenvalue weighted by atomic mass is 16.5. The quantitative estimate of drug-likeness (QED) is 0.278. The zero-order valence-corrected chi connectivity index (χ0v) is 20.9. The maximum absolute atomic E-state index is 12.4. The summed E-state index contributed by atoms with van der Waals surface area (Å²) in [6.45, 7) is 12.0. The van der Waals surface area contributed by atoms with Crippen LogP contribution in [0.2, 0.25) is 0 Å². The fourth-order valence-electron chi connectivity index (χ4n) is 3.03. The molecular weight excluding hydrogens is 442 g/mol. The third-order valence-corrected chi connectivity index (χ3v) is 4.86. The lowest BCUT2D eigenvalue weighted by molar-refractivity contribution is 0.262. The van der Waals surface area contributed by atoms with Crippen LogP contribution in [-0.4, -0.2) is 40.3 Å². The van der Waals surface area contributed by atoms with Crippen molar-refractivity contribution in [3.05, 3.63) is 59.7 Å². The number of benzene rings is 1. The fourth-order valence-corrected chi connectivity index (χ4v) is 3.03. The number of hydrogen-bond donors (Lipinski definition) is 4. The Labute approximate surface area is 206 Å². The van der Waals surface area contributed by atoms with E-state index in [-0.39, 0.29) is 5.41 Å². The molecule has 2 heterocycles. The Morgan fingerprint density at radius 2 is 1.94 bits per heavy atom. The van der Waals surface area contributed by atoms with E-state index in [1.54, 1.807) is 24.4 Å². The summed E-state index contributed by atoms with van der Waals surface area (Å²) >= 11 is 0. The molecule has 3 aromatic rings. The maximum Gasteiger partial charge on any atom is 0.324 e. The van der Waals surface area contributed by atoms with E-state index in [9.17, 15) is 4.79 Å². The first kappa shape index (κ1) is 25.7. The van der Waals surface area contributed by atoms with E-state index >= 15 is 0 Å². The minimum absolute atomic E-state index is 0.194. The van der Waals surface area contributed by atoms with Crippen molar-refractivity contribution in [3.63, 3.8) is 0 Å². The predicted molar refractivity (Wildman–Crippen MR) is 139 cm³/mol. The van der Waals surface area contributed by atoms with Crippen LogP contribution in [-0.2, 0) is 5.41 Å². The SMILES string of the molecule is CC(C)NCCCNc1ncncc1C#Cc1cccc(NC(=O)Nc2cc(C(C)(C)C)on2)c1. The Morgan fingerprint density at radius 1 is 1.11 bits per heavy atom. The molecule has 9 heteroatoms. The third-order valence-electron chi connectivity index (χ3n) is 4.86. The molecule has 2 aromatic heterocycles. The molecule has 0 aliphatic heterocycles. The number of rotatable bonds is 8. The van der Waals surface area contributed by atoms with Crippen LogP contribution >= 0.6 is 0 Å². The third kappa shape index (κ3) is 8.43. The van der Waals surface area contributed by atoms with E-state index in [4.69, 9.17) is 4.52 Å². The van der Waals surface area contributed by atoms with Gasteiger partial charge in [-0.15, -0.1) is 0 Å². The first-order valence-electron chi connectivity index (χ1n) is 11.7. The minimum atomic E-state index is -0.418. The van der Waals surface area contributed by atoms with Crippen molar-refractivity contribution in [1.82, 2.24) is 20.4 Å². The average Bonchev–Trinajstić information content (AvgIpc) is 3.27. The van der Waals surface area contributed by atoms with E-state index in [1.807, 2.05) is 32.9 Å². The van der Waals surface area contributed by atoms with Crippen molar-refractivity contribution < 1.29 is 9.32 Å². The number of carbonyl (C=O) groups excluding carboxylic acids is 1. The molecule has 1 aromatic carbocycles. The summed E-state index contributed by atoms with van der Waals surface area (Å²) in [4.78, 5) is 20.8. The lowest BCUT2D eigenvalue weighted by atomic mass is 9.93. The molecule has 0 saturated carbocycles. The van der Waals surface area contributed by atoms with E-state index in [0.29, 0.717) is 34.7 Å². The van der Waals surface area contributed by atoms with Crippen molar-refractivity contribution in [2.45, 2.75) is 52.5 Å². The summed E-state index contributed by atoms with van der Waals surface area (Å²) in [6.07, 6.45) is 4.16. The predicted octanol–water partition coefficient (Wildman–Crippen LogP) is 4.61. The fraction of sp³-hybridized carbons (Fsp3) is 0.385. The normalized spacial score (nSPS) is 11.0. The first-order chi connectivity index (χ1) is 16.7. The number of aromatic nitrogens is 3. The second-order valence-electron chi connectivity index (χ2n) is 9.41. The first-order valence-corrected chi connectivity index (χ1v) is 11.7. The van der Waals surface area contributed by atoms with Gasteiger partial charge in [0, 0.05) is 41.5 Å². The topological polar surface area (TPSA) is 117 Å². The molecule has 2 amide bonds. The molecule has 4 N–H and O–H groups in total. The van der Waals surface area contributed by atoms with Crippen LogP contribution in [0, 0.1) is 11.8 Å². The molecule has 0 saturated heterocycles. The Bertz CT molecular complexity index is 1190. The number of anilines is 3. The zero-order valence-electron chi connectivity index (χ0n) is 20.9. The zero-order chi connectivity index (χ0) is 25.3. The molecule has 184 valence electrons. The highest BCUT2D eigenvalue weighted by Gasteiger charge is 2.20. The summed E-state index contributed by atoms with van der Waals surface area (Å²) < 4.78 is 5.30. The van der Waals surface area contributed by atoms with Gasteiger partial charge in [0.15, 0.2) is 5.82 Å². The van der Waals surface area contributed by atoms with Gasteiger partial charge in [-0.05, 0) is 31.2 Å². The molecule has 0 bridgehead atoms. The van der Waals surface area contributed by atoms with E-state index in [2.05, 4.69) is 62.1 Å². The smallest absolute Gasteiger partial charge is 0.324 e. The van der Waals surface area contributed by atoms with Gasteiger partial charge in [0.1, 0.15) is 17.9 Å². The van der Waals surface area contributed by atoms with Gasteiger partial charge in [-0.3, -0.25) is 5.32 Å². The molecule has 0 aliphatic rings. The van der Waals surface area contributed by atoms with Crippen molar-refractivity contribution in [1.29, 1.82) is 0 Å². The van der Waals surface area contributed by atoms with Crippen molar-refractivity contribution in [2.75, 3.05) is 29.0 Å². The Morgan fingerprint density at radius 3 is 2.69 bits per heavy atom. The minimum Gasteiger partial charge on any atom is -0.369 e. The maximum atomic E-state index is 12.4. The molecule has 0 radical (unpaired) electrons. The monoisotopic (exact) mass is 475 g/mol. The van der Waals surface area contributed by atoms with Crippen LogP contribution in [0.1, 0.15) is 57.9 Å². The molecule has 9 nitrogen and oxygen atoms in total. The Hall–Kier alpha value is -3.90. The van der Waals surface area contributed by atoms with Gasteiger partial charge in [-0.1, -0.05) is 57.7 Å². The molecule has 0 spiro atoms. The summed E-state index contributed by atoms with van der Waals surface area (Å²) in [6, 6.07) is 9.06. The summed E-state index contributed by atoms with van der Waals surface area (Å²) in [5, 5.41) is 16.1. The second kappa shape index (κ2) is 12.0. The highest BCUT2D eigenvalue weighted by Crippen LogP contribution is 2.24. The number of nitrogens with zero attached hydrogens (tertiary/aromatic N) is 3. The number of amides is 2. The highest BCUT2D eigenvalue weighted by molar-refractivity contribution is 5.99. The van der Waals surface area contributed by atoms with Crippen molar-refractivity contribution >= 4 is 23.4 Å². The summed E-state index contributed by atoms with van der Waals surface area (Å²) in [7, 11) is 0. The van der Waals surface area contributed by atoms with Crippen LogP contribution in [0.25, 0.3) is 0 Å². The van der Waals surface area contributed by atoms with E-state index in [1.165, 1.54) is 6.33 Å². The summed E-state index contributed by atoms with van der Waals surface area (Å²) in [5.74, 6) is 7.99. The van der Waals surface area contributed by atoms with Crippen molar-refractivity contribution in [2.24, 2.45) is 0 Å². The number of carbonyl (C=O) groups is 1. The second-order valence-corrected chi connectivity index (χ2v) is 9.41. The van der Waals surface area contributed by atoms with Gasteiger partial charge in [-0.25, -0.2) is 14.8 Å². The van der Waals surface area contributed by atoms with Crippen LogP contribution in [0.15, 0.2) is 47.4 Å². The number of nitrogens with one attached hydrogen (secondary N) is 4. The Kier molecular flexibility index (Phi) is 8.81. The molecule has 0 unspecified atom stereocenters. The van der Waals surface area contributed by atoms with Gasteiger partial charge < -0.3 is 20.5 Å². The molecule has 0 aliphatic carbocycles. The lowest BCUT2D eigenvalue weighted by Crippen LogP contribution is -2.25. The van der Waals surface area contributed by atoms with E-state index in [0.717, 1.165) is 25.1 Å². The molecule has 3 rings (SSSR count). The van der Waals surface area contributed by atoms with Gasteiger partial charge >= 0.3 is 6.03 Å². The van der Waals surface area contributed by atoms with E-state index < -0.39 is 6.03 Å². The molecule has 0 fully saturated rings. The number of hydrogen-bond acceptors (Lipinski definition) is 7. The number of urea groups is 1. The summed E-state index contributed by atoms with van der Waals surface area (Å²) in [5.41, 5.74) is 1.87. The lowest BCUT2D eigenvalue weighted by Gasteiger charge is -2.12. The van der Waals surface area contributed by atoms with Crippen LogP contribution in [0.5, 0.6) is 0 Å². The van der Waals surface area contributed by atoms with Crippen molar-refractivity contribution in [3.8, 4) is 11.8 Å². The molecular formula is C26H33N7O2. The van der Waals surface area contributed by atoms with Gasteiger partial charge in [-0.2, -0.15) is 0 Å². The Balaban J connectivity index is 1.60. The molecule has 35 heavy (non-hydrogen) atoms. The standard InChI is InChI=1S/C26H33N7O2/c1-18(2)28-12-7-13-29-24-20(16-27-17-30-24)11-10-19-8-6-9-21(14-19)31-25(34)32-23-15-22(35-33-23)26(3,4)5/h6,8-9,14-18,28H,7,12-13H2,1-5H3,(H,27,29,30)(H2,31,32,33,34). The van der Waals surface area contributed by atoms with Gasteiger partial charge in [0.25, 0.3) is 0 Å². The van der Waals surface area contributed by atoms with Crippen LogP contribution in [0.3, 0.4) is 0 Å². The van der Waals surface area contributed by atoms with Crippen LogP contribution < -0.4 is 21.3 Å². The van der Waals surface area contributed by atoms with Gasteiger partial charge in [0.2, 0.25) is 0 Å². The van der Waals surface area contributed by atoms with Gasteiger partial charge in [0.05, 0.1) is 5.56 Å². The molecule has 0 atom stereocenters. The average molecular weight is 476 g/mol.